The van der Waals surface area contributed by atoms with E-state index in [4.69, 9.17) is 42.6 Å². The molecule has 6 rings (SSSR count). The summed E-state index contributed by atoms with van der Waals surface area (Å²) in [7, 11) is 0. The van der Waals surface area contributed by atoms with Crippen LogP contribution in [0.2, 0.25) is 10.0 Å². The first-order valence-electron chi connectivity index (χ1n) is 10.7. The van der Waals surface area contributed by atoms with E-state index >= 15 is 0 Å². The van der Waals surface area contributed by atoms with E-state index in [0.29, 0.717) is 67.0 Å². The summed E-state index contributed by atoms with van der Waals surface area (Å²) >= 11 is 12.5. The predicted octanol–water partition coefficient (Wildman–Crippen LogP) is 5.79. The van der Waals surface area contributed by atoms with Gasteiger partial charge in [0.15, 0.2) is 11.3 Å². The van der Waals surface area contributed by atoms with Gasteiger partial charge in [0.25, 0.3) is 5.56 Å². The largest absolute Gasteiger partial charge is 0.467 e. The first kappa shape index (κ1) is 20.9. The van der Waals surface area contributed by atoms with Gasteiger partial charge in [0.05, 0.1) is 39.6 Å². The van der Waals surface area contributed by atoms with Crippen LogP contribution in [-0.2, 0) is 13.0 Å². The Bertz CT molecular complexity index is 1770. The van der Waals surface area contributed by atoms with Crippen molar-refractivity contribution in [2.75, 3.05) is 0 Å². The molecule has 0 saturated heterocycles. The van der Waals surface area contributed by atoms with Crippen molar-refractivity contribution in [1.82, 2.24) is 24.1 Å². The minimum absolute atomic E-state index is 0.202. The van der Waals surface area contributed by atoms with Gasteiger partial charge in [0, 0.05) is 6.42 Å². The summed E-state index contributed by atoms with van der Waals surface area (Å²) < 4.78 is 8.96. The second-order valence-corrected chi connectivity index (χ2v) is 8.68. The number of benzene rings is 2. The molecule has 6 aromatic rings. The second kappa shape index (κ2) is 7.97. The van der Waals surface area contributed by atoms with Crippen molar-refractivity contribution in [3.8, 4) is 5.69 Å². The fourth-order valence-corrected chi connectivity index (χ4v) is 4.52. The zero-order chi connectivity index (χ0) is 23.4. The molecule has 9 heteroatoms. The van der Waals surface area contributed by atoms with Gasteiger partial charge >= 0.3 is 0 Å². The summed E-state index contributed by atoms with van der Waals surface area (Å²) in [5.74, 6) is 1.30. The van der Waals surface area contributed by atoms with E-state index in [2.05, 4.69) is 0 Å². The van der Waals surface area contributed by atoms with Crippen LogP contribution in [0.25, 0.3) is 38.9 Å². The summed E-state index contributed by atoms with van der Waals surface area (Å²) in [5.41, 5.74) is 3.37. The van der Waals surface area contributed by atoms with Crippen molar-refractivity contribution in [2.45, 2.75) is 19.9 Å². The molecule has 0 bridgehead atoms. The number of aromatic nitrogens is 5. The number of fused-ring (bicyclic) bond motifs is 4. The van der Waals surface area contributed by atoms with E-state index in [9.17, 15) is 4.79 Å². The molecule has 7 nitrogen and oxygen atoms in total. The van der Waals surface area contributed by atoms with Crippen LogP contribution in [-0.4, -0.2) is 24.1 Å². The van der Waals surface area contributed by atoms with Crippen LogP contribution in [0.4, 0.5) is 0 Å². The number of hydrogen-bond donors (Lipinski definition) is 0. The number of rotatable bonds is 4. The molecule has 0 aliphatic rings. The highest BCUT2D eigenvalue weighted by Gasteiger charge is 2.23. The first-order chi connectivity index (χ1) is 16.5. The predicted molar refractivity (Wildman–Crippen MR) is 133 cm³/mol. The Hall–Kier alpha value is -3.68. The van der Waals surface area contributed by atoms with E-state index in [1.165, 1.54) is 0 Å². The van der Waals surface area contributed by atoms with Gasteiger partial charge in [-0.05, 0) is 42.5 Å². The van der Waals surface area contributed by atoms with Crippen LogP contribution in [0.3, 0.4) is 0 Å². The van der Waals surface area contributed by atoms with Gasteiger partial charge in [-0.15, -0.1) is 0 Å². The molecule has 0 spiro atoms. The molecule has 0 fully saturated rings. The lowest BCUT2D eigenvalue weighted by Crippen LogP contribution is -2.25. The molecule has 34 heavy (non-hydrogen) atoms. The van der Waals surface area contributed by atoms with E-state index in [1.807, 2.05) is 47.9 Å². The van der Waals surface area contributed by atoms with Gasteiger partial charge in [0.1, 0.15) is 22.5 Å². The quantitative estimate of drug-likeness (QED) is 0.312. The first-order valence-corrected chi connectivity index (χ1v) is 11.5. The van der Waals surface area contributed by atoms with Gasteiger partial charge in [-0.1, -0.05) is 42.3 Å². The summed E-state index contributed by atoms with van der Waals surface area (Å²) in [4.78, 5) is 28.5. The summed E-state index contributed by atoms with van der Waals surface area (Å²) in [6.45, 7) is 2.24. The fraction of sp³-hybridized carbons (Fsp3) is 0.120. The number of para-hydroxylation sites is 2. The van der Waals surface area contributed by atoms with Crippen LogP contribution < -0.4 is 5.56 Å². The maximum Gasteiger partial charge on any atom is 0.265 e. The monoisotopic (exact) mass is 489 g/mol. The molecule has 0 radical (unpaired) electrons. The van der Waals surface area contributed by atoms with Crippen molar-refractivity contribution in [3.63, 3.8) is 0 Å². The van der Waals surface area contributed by atoms with Crippen molar-refractivity contribution in [2.24, 2.45) is 0 Å². The van der Waals surface area contributed by atoms with Crippen molar-refractivity contribution >= 4 is 56.4 Å². The molecule has 4 aromatic heterocycles. The summed E-state index contributed by atoms with van der Waals surface area (Å²) in [5, 5.41) is 1.22. The Balaban J connectivity index is 1.77. The zero-order valence-electron chi connectivity index (χ0n) is 18.0. The maximum atomic E-state index is 13.9. The van der Waals surface area contributed by atoms with Gasteiger partial charge < -0.3 is 4.42 Å². The molecule has 0 aliphatic heterocycles. The Kier molecular flexibility index (Phi) is 4.90. The molecule has 2 aromatic carbocycles. The average Bonchev–Trinajstić information content (AvgIpc) is 3.46. The lowest BCUT2D eigenvalue weighted by Gasteiger charge is -2.12. The number of nitrogens with zero attached hydrogens (tertiary/aromatic N) is 5. The van der Waals surface area contributed by atoms with Crippen molar-refractivity contribution in [1.29, 1.82) is 0 Å². The minimum Gasteiger partial charge on any atom is -0.467 e. The molecular formula is C25H17Cl2N5O2. The Morgan fingerprint density at radius 2 is 1.71 bits per heavy atom. The van der Waals surface area contributed by atoms with E-state index in [1.54, 1.807) is 29.0 Å². The highest BCUT2D eigenvalue weighted by molar-refractivity contribution is 6.42. The molecule has 0 amide bonds. The molecule has 0 atom stereocenters. The smallest absolute Gasteiger partial charge is 0.265 e. The third kappa shape index (κ3) is 3.20. The number of halogens is 2. The molecule has 0 saturated carbocycles. The van der Waals surface area contributed by atoms with Gasteiger partial charge in [-0.25, -0.2) is 15.0 Å². The van der Waals surface area contributed by atoms with E-state index < -0.39 is 0 Å². The van der Waals surface area contributed by atoms with Crippen LogP contribution >= 0.6 is 23.2 Å². The average molecular weight is 490 g/mol. The molecule has 0 aliphatic carbocycles. The highest BCUT2D eigenvalue weighted by Crippen LogP contribution is 2.31. The summed E-state index contributed by atoms with van der Waals surface area (Å²) in [6, 6.07) is 16.5. The Morgan fingerprint density at radius 1 is 0.912 bits per heavy atom. The standard InChI is InChI=1S/C25H17Cl2N5O2/c1-2-20-30-23-21(25(33)31(20)13-15-6-5-11-34-15)22-24(29-19-8-4-3-7-18(19)28-22)32(23)14-9-10-16(26)17(27)12-14/h3-12H,2,13H2,1H3. The van der Waals surface area contributed by atoms with Crippen LogP contribution in [0.5, 0.6) is 0 Å². The molecule has 0 N–H and O–H groups in total. The minimum atomic E-state index is -0.202. The lowest BCUT2D eigenvalue weighted by atomic mass is 10.2. The molecule has 168 valence electrons. The Morgan fingerprint density at radius 3 is 2.41 bits per heavy atom. The Labute approximate surface area is 203 Å². The van der Waals surface area contributed by atoms with Crippen LogP contribution in [0, 0.1) is 0 Å². The SMILES string of the molecule is CCc1nc2c(c(=O)n1Cc1ccco1)c1nc3ccccc3nc1n2-c1ccc(Cl)c(Cl)c1. The van der Waals surface area contributed by atoms with E-state index in [-0.39, 0.29) is 12.1 Å². The van der Waals surface area contributed by atoms with Crippen molar-refractivity contribution < 1.29 is 4.42 Å². The third-order valence-electron chi connectivity index (χ3n) is 5.81. The zero-order valence-corrected chi connectivity index (χ0v) is 19.5. The highest BCUT2D eigenvalue weighted by atomic mass is 35.5. The van der Waals surface area contributed by atoms with E-state index in [0.717, 1.165) is 0 Å². The number of furan rings is 1. The molecule has 4 heterocycles. The molecule has 0 unspecified atom stereocenters. The van der Waals surface area contributed by atoms with Gasteiger partial charge in [-0.2, -0.15) is 0 Å². The third-order valence-corrected chi connectivity index (χ3v) is 6.55. The normalized spacial score (nSPS) is 11.7. The maximum absolute atomic E-state index is 13.9. The fourth-order valence-electron chi connectivity index (χ4n) is 4.23. The lowest BCUT2D eigenvalue weighted by molar-refractivity contribution is 0.483. The second-order valence-electron chi connectivity index (χ2n) is 7.87. The number of hydrogen-bond acceptors (Lipinski definition) is 5. The summed E-state index contributed by atoms with van der Waals surface area (Å²) in [6.07, 6.45) is 2.14. The van der Waals surface area contributed by atoms with Gasteiger partial charge in [-0.3, -0.25) is 13.9 Å². The molecular weight excluding hydrogens is 473 g/mol. The number of aryl methyl sites for hydroxylation is 1. The van der Waals surface area contributed by atoms with Crippen molar-refractivity contribution in [3.05, 3.63) is 92.8 Å². The topological polar surface area (TPSA) is 78.7 Å². The van der Waals surface area contributed by atoms with Crippen LogP contribution in [0.1, 0.15) is 18.5 Å². The van der Waals surface area contributed by atoms with Crippen LogP contribution in [0.15, 0.2) is 70.1 Å². The van der Waals surface area contributed by atoms with Gasteiger partial charge in [0.2, 0.25) is 0 Å².